The van der Waals surface area contributed by atoms with Crippen molar-refractivity contribution in [1.29, 1.82) is 0 Å². The number of anilines is 1. The van der Waals surface area contributed by atoms with Crippen LogP contribution in [0.2, 0.25) is 0 Å². The molecule has 5 aromatic rings. The SMILES string of the molecule is CCCCc1nc2cc[nH]c(=O)c2n1Cc1ccc(-c2ccccc2S(=O)(=O)N(COC)c2noc(C)c2C)c(COCC)c1. The van der Waals surface area contributed by atoms with Gasteiger partial charge >= 0.3 is 0 Å². The van der Waals surface area contributed by atoms with Gasteiger partial charge in [0.1, 0.15) is 23.8 Å². The van der Waals surface area contributed by atoms with Crippen molar-refractivity contribution in [3.63, 3.8) is 0 Å². The van der Waals surface area contributed by atoms with Crippen LogP contribution in [0, 0.1) is 13.8 Å². The van der Waals surface area contributed by atoms with Crippen LogP contribution in [0.15, 0.2) is 68.9 Å². The van der Waals surface area contributed by atoms with Crippen LogP contribution in [0.3, 0.4) is 0 Å². The maximum Gasteiger partial charge on any atom is 0.274 e. The zero-order chi connectivity index (χ0) is 32.1. The van der Waals surface area contributed by atoms with E-state index >= 15 is 0 Å². The minimum Gasteiger partial charge on any atom is -0.377 e. The number of aromatic amines is 1. The molecule has 3 aromatic heterocycles. The minimum absolute atomic E-state index is 0.0987. The maximum atomic E-state index is 14.3. The molecule has 0 bridgehead atoms. The maximum absolute atomic E-state index is 14.3. The van der Waals surface area contributed by atoms with Gasteiger partial charge in [0.15, 0.2) is 5.82 Å². The van der Waals surface area contributed by atoms with Crippen molar-refractivity contribution in [3.8, 4) is 11.1 Å². The second-order valence-electron chi connectivity index (χ2n) is 10.8. The van der Waals surface area contributed by atoms with Gasteiger partial charge in [-0.25, -0.2) is 17.7 Å². The number of aryl methyl sites for hydroxylation is 2. The molecule has 0 unspecified atom stereocenters. The molecular weight excluding hydrogens is 594 g/mol. The number of methoxy groups -OCH3 is 1. The lowest BCUT2D eigenvalue weighted by molar-refractivity contribution is 0.134. The Labute approximate surface area is 262 Å². The number of unbranched alkanes of at least 4 members (excludes halogenated alkanes) is 1. The van der Waals surface area contributed by atoms with Gasteiger partial charge in [0.2, 0.25) is 0 Å². The standard InChI is InChI=1S/C33H39N5O6S/c1-6-8-13-30-35-28-16-17-34-33(39)31(28)37(30)19-24-14-15-26(25(18-24)20-43-7-2)27-11-9-10-12-29(27)45(40,41)38(21-42-5)32-22(3)23(4)44-36-32/h9-12,14-18H,6-8,13,19-21H2,1-5H3,(H,34,39). The summed E-state index contributed by atoms with van der Waals surface area (Å²) in [7, 11) is -2.71. The highest BCUT2D eigenvalue weighted by Crippen LogP contribution is 2.35. The molecule has 0 saturated heterocycles. The highest BCUT2D eigenvalue weighted by atomic mass is 32.2. The van der Waals surface area contributed by atoms with E-state index in [0.717, 1.165) is 46.1 Å². The number of nitrogens with zero attached hydrogens (tertiary/aromatic N) is 4. The van der Waals surface area contributed by atoms with Gasteiger partial charge in [-0.05, 0) is 56.0 Å². The molecule has 0 amide bonds. The number of hydrogen-bond donors (Lipinski definition) is 1. The molecule has 0 aliphatic carbocycles. The van der Waals surface area contributed by atoms with Crippen LogP contribution in [0.5, 0.6) is 0 Å². The van der Waals surface area contributed by atoms with Gasteiger partial charge < -0.3 is 23.5 Å². The average molecular weight is 634 g/mol. The average Bonchev–Trinajstić information content (AvgIpc) is 3.56. The number of hydrogen-bond acceptors (Lipinski definition) is 8. The van der Waals surface area contributed by atoms with E-state index in [-0.39, 0.29) is 29.6 Å². The summed E-state index contributed by atoms with van der Waals surface area (Å²) in [5.74, 6) is 1.55. The molecule has 12 heteroatoms. The molecular formula is C33H39N5O6S. The number of ether oxygens (including phenoxy) is 2. The predicted molar refractivity (Wildman–Crippen MR) is 173 cm³/mol. The molecule has 0 aliphatic rings. The van der Waals surface area contributed by atoms with Gasteiger partial charge in [0.25, 0.3) is 15.6 Å². The molecule has 0 radical (unpaired) electrons. The summed E-state index contributed by atoms with van der Waals surface area (Å²) in [6, 6.07) is 14.6. The highest BCUT2D eigenvalue weighted by Gasteiger charge is 2.32. The fraction of sp³-hybridized carbons (Fsp3) is 0.364. The van der Waals surface area contributed by atoms with Crippen molar-refractivity contribution in [1.82, 2.24) is 19.7 Å². The number of nitrogens with one attached hydrogen (secondary N) is 1. The fourth-order valence-corrected chi connectivity index (χ4v) is 6.98. The summed E-state index contributed by atoms with van der Waals surface area (Å²) in [4.78, 5) is 20.5. The number of imidazole rings is 1. The van der Waals surface area contributed by atoms with Gasteiger partial charge in [0, 0.05) is 44.0 Å². The van der Waals surface area contributed by atoms with Crippen molar-refractivity contribution in [3.05, 3.63) is 93.4 Å². The van der Waals surface area contributed by atoms with Crippen LogP contribution in [-0.2, 0) is 39.1 Å². The summed E-state index contributed by atoms with van der Waals surface area (Å²) >= 11 is 0. The van der Waals surface area contributed by atoms with Crippen molar-refractivity contribution < 1.29 is 22.4 Å². The predicted octanol–water partition coefficient (Wildman–Crippen LogP) is 5.72. The number of pyridine rings is 1. The molecule has 2 aromatic carbocycles. The number of benzene rings is 2. The summed E-state index contributed by atoms with van der Waals surface area (Å²) in [6.45, 7) is 8.46. The topological polar surface area (TPSA) is 133 Å². The van der Waals surface area contributed by atoms with E-state index < -0.39 is 10.0 Å². The van der Waals surface area contributed by atoms with E-state index in [1.54, 1.807) is 38.2 Å². The first-order chi connectivity index (χ1) is 21.7. The number of sulfonamides is 1. The lowest BCUT2D eigenvalue weighted by Gasteiger charge is -2.23. The second-order valence-corrected chi connectivity index (χ2v) is 12.7. The Bertz CT molecular complexity index is 1960. The van der Waals surface area contributed by atoms with E-state index in [9.17, 15) is 13.2 Å². The zero-order valence-corrected chi connectivity index (χ0v) is 27.1. The first-order valence-electron chi connectivity index (χ1n) is 15.0. The molecule has 0 aliphatic heterocycles. The van der Waals surface area contributed by atoms with Gasteiger partial charge in [-0.1, -0.05) is 54.9 Å². The molecule has 3 heterocycles. The lowest BCUT2D eigenvalue weighted by Crippen LogP contribution is -2.34. The van der Waals surface area contributed by atoms with Gasteiger partial charge in [0.05, 0.1) is 17.0 Å². The second kappa shape index (κ2) is 13.8. The first kappa shape index (κ1) is 32.1. The van der Waals surface area contributed by atoms with E-state index in [1.165, 1.54) is 7.11 Å². The van der Waals surface area contributed by atoms with E-state index in [4.69, 9.17) is 19.0 Å². The Morgan fingerprint density at radius 2 is 1.87 bits per heavy atom. The normalized spacial score (nSPS) is 11.8. The van der Waals surface area contributed by atoms with Gasteiger partial charge in [-0.3, -0.25) is 4.79 Å². The zero-order valence-electron chi connectivity index (χ0n) is 26.3. The molecule has 0 spiro atoms. The smallest absolute Gasteiger partial charge is 0.274 e. The van der Waals surface area contributed by atoms with Crippen molar-refractivity contribution in [2.45, 2.75) is 65.0 Å². The van der Waals surface area contributed by atoms with Crippen LogP contribution >= 0.6 is 0 Å². The Kier molecular flexibility index (Phi) is 9.86. The quantitative estimate of drug-likeness (QED) is 0.154. The van der Waals surface area contributed by atoms with Crippen LogP contribution in [0.4, 0.5) is 5.82 Å². The third kappa shape index (κ3) is 6.44. The molecule has 0 atom stereocenters. The fourth-order valence-electron chi connectivity index (χ4n) is 5.39. The van der Waals surface area contributed by atoms with E-state index in [2.05, 4.69) is 17.1 Å². The van der Waals surface area contributed by atoms with Crippen molar-refractivity contribution in [2.75, 3.05) is 24.8 Å². The molecule has 0 saturated carbocycles. The lowest BCUT2D eigenvalue weighted by atomic mass is 9.97. The highest BCUT2D eigenvalue weighted by molar-refractivity contribution is 7.93. The minimum atomic E-state index is -4.14. The third-order valence-corrected chi connectivity index (χ3v) is 9.60. The van der Waals surface area contributed by atoms with Gasteiger partial charge in [-0.2, -0.15) is 0 Å². The molecule has 5 rings (SSSR count). The molecule has 45 heavy (non-hydrogen) atoms. The number of aromatic nitrogens is 4. The Balaban J connectivity index is 1.60. The molecule has 11 nitrogen and oxygen atoms in total. The summed E-state index contributed by atoms with van der Waals surface area (Å²) in [5.41, 5.74) is 4.61. The monoisotopic (exact) mass is 633 g/mol. The molecule has 238 valence electrons. The van der Waals surface area contributed by atoms with Crippen LogP contribution in [0.25, 0.3) is 22.2 Å². The Hall–Kier alpha value is -4.26. The van der Waals surface area contributed by atoms with Crippen molar-refractivity contribution >= 4 is 26.9 Å². The largest absolute Gasteiger partial charge is 0.377 e. The van der Waals surface area contributed by atoms with Crippen LogP contribution in [-0.4, -0.2) is 48.6 Å². The third-order valence-electron chi connectivity index (χ3n) is 7.83. The summed E-state index contributed by atoms with van der Waals surface area (Å²) in [5, 5.41) is 4.03. The molecule has 0 fully saturated rings. The Morgan fingerprint density at radius 3 is 2.58 bits per heavy atom. The number of fused-ring (bicyclic) bond motifs is 1. The summed E-state index contributed by atoms with van der Waals surface area (Å²) < 4.78 is 48.1. The van der Waals surface area contributed by atoms with E-state index in [0.29, 0.717) is 41.1 Å². The Morgan fingerprint density at radius 1 is 1.07 bits per heavy atom. The molecule has 1 N–H and O–H groups in total. The van der Waals surface area contributed by atoms with Crippen LogP contribution < -0.4 is 9.86 Å². The first-order valence-corrected chi connectivity index (χ1v) is 16.5. The number of rotatable bonds is 14. The van der Waals surface area contributed by atoms with E-state index in [1.807, 2.05) is 41.8 Å². The van der Waals surface area contributed by atoms with Crippen LogP contribution in [0.1, 0.15) is 55.0 Å². The number of H-pyrrole nitrogens is 1. The van der Waals surface area contributed by atoms with Gasteiger partial charge in [-0.15, -0.1) is 0 Å². The summed E-state index contributed by atoms with van der Waals surface area (Å²) in [6.07, 6.45) is 4.33. The van der Waals surface area contributed by atoms with Crippen molar-refractivity contribution in [2.24, 2.45) is 0 Å².